The van der Waals surface area contributed by atoms with E-state index in [1.54, 1.807) is 0 Å². The van der Waals surface area contributed by atoms with E-state index >= 15 is 0 Å². The maximum atomic E-state index is 5.30. The van der Waals surface area contributed by atoms with Crippen molar-refractivity contribution in [1.82, 2.24) is 4.98 Å². The highest BCUT2D eigenvalue weighted by Crippen LogP contribution is 2.25. The number of halogens is 1. The maximum Gasteiger partial charge on any atom is 0.264 e. The molecule has 0 saturated heterocycles. The molecule has 1 heterocycles. The van der Waals surface area contributed by atoms with E-state index in [-0.39, 0.29) is 0 Å². The zero-order valence-electron chi connectivity index (χ0n) is 8.04. The Hall–Kier alpha value is -1.09. The predicted molar refractivity (Wildman–Crippen MR) is 59.1 cm³/mol. The summed E-state index contributed by atoms with van der Waals surface area (Å²) in [4.78, 5) is 4.79. The van der Waals surface area contributed by atoms with Crippen LogP contribution in [0.5, 0.6) is 0 Å². The SMILES string of the molecule is Cc1ccc(-c2nc(Br)oc2C)cc1. The third-order valence-electron chi connectivity index (χ3n) is 2.10. The van der Waals surface area contributed by atoms with Crippen molar-refractivity contribution in [2.24, 2.45) is 0 Å². The summed E-state index contributed by atoms with van der Waals surface area (Å²) >= 11 is 3.22. The number of hydrogen-bond acceptors (Lipinski definition) is 2. The van der Waals surface area contributed by atoms with Crippen LogP contribution in [0.15, 0.2) is 33.5 Å². The molecule has 0 spiro atoms. The lowest BCUT2D eigenvalue weighted by atomic mass is 10.1. The molecule has 0 fully saturated rings. The summed E-state index contributed by atoms with van der Waals surface area (Å²) in [5.41, 5.74) is 3.23. The minimum absolute atomic E-state index is 0.533. The van der Waals surface area contributed by atoms with Crippen LogP contribution in [0, 0.1) is 13.8 Å². The van der Waals surface area contributed by atoms with Crippen molar-refractivity contribution in [3.8, 4) is 11.3 Å². The van der Waals surface area contributed by atoms with Crippen molar-refractivity contribution in [2.75, 3.05) is 0 Å². The molecule has 72 valence electrons. The van der Waals surface area contributed by atoms with E-state index in [4.69, 9.17) is 4.42 Å². The second kappa shape index (κ2) is 3.58. The first-order valence-electron chi connectivity index (χ1n) is 4.37. The van der Waals surface area contributed by atoms with E-state index in [2.05, 4.69) is 40.0 Å². The average Bonchev–Trinajstić information content (AvgIpc) is 2.47. The van der Waals surface area contributed by atoms with Crippen LogP contribution >= 0.6 is 15.9 Å². The van der Waals surface area contributed by atoms with Gasteiger partial charge in [0.1, 0.15) is 11.5 Å². The smallest absolute Gasteiger partial charge is 0.264 e. The van der Waals surface area contributed by atoms with Crippen molar-refractivity contribution in [1.29, 1.82) is 0 Å². The summed E-state index contributed by atoms with van der Waals surface area (Å²) in [6.45, 7) is 3.97. The van der Waals surface area contributed by atoms with Crippen molar-refractivity contribution < 1.29 is 4.42 Å². The fourth-order valence-electron chi connectivity index (χ4n) is 1.34. The van der Waals surface area contributed by atoms with Crippen LogP contribution in [0.2, 0.25) is 0 Å². The standard InChI is InChI=1S/C11H10BrNO/c1-7-3-5-9(6-4-7)10-8(2)14-11(12)13-10/h3-6H,1-2H3. The molecule has 1 aromatic carbocycles. The molecule has 2 nitrogen and oxygen atoms in total. The molecule has 0 bridgehead atoms. The molecule has 0 aliphatic carbocycles. The van der Waals surface area contributed by atoms with Crippen LogP contribution in [0.4, 0.5) is 0 Å². The van der Waals surface area contributed by atoms with Gasteiger partial charge in [0, 0.05) is 21.5 Å². The van der Waals surface area contributed by atoms with Gasteiger partial charge in [-0.25, -0.2) is 4.98 Å². The summed E-state index contributed by atoms with van der Waals surface area (Å²) in [7, 11) is 0. The Labute approximate surface area is 91.1 Å². The van der Waals surface area contributed by atoms with Crippen LogP contribution in [0.3, 0.4) is 0 Å². The maximum absolute atomic E-state index is 5.30. The van der Waals surface area contributed by atoms with Gasteiger partial charge in [0.15, 0.2) is 0 Å². The fourth-order valence-corrected chi connectivity index (χ4v) is 1.76. The third kappa shape index (κ3) is 1.73. The van der Waals surface area contributed by atoms with Gasteiger partial charge in [-0.1, -0.05) is 29.8 Å². The van der Waals surface area contributed by atoms with Gasteiger partial charge < -0.3 is 4.42 Å². The number of oxazole rings is 1. The highest BCUT2D eigenvalue weighted by atomic mass is 79.9. The van der Waals surface area contributed by atoms with Crippen molar-refractivity contribution >= 4 is 15.9 Å². The highest BCUT2D eigenvalue weighted by Gasteiger charge is 2.08. The number of benzene rings is 1. The Morgan fingerprint density at radius 3 is 2.29 bits per heavy atom. The molecule has 14 heavy (non-hydrogen) atoms. The number of rotatable bonds is 1. The summed E-state index contributed by atoms with van der Waals surface area (Å²) in [6, 6.07) is 8.23. The van der Waals surface area contributed by atoms with Crippen molar-refractivity contribution in [2.45, 2.75) is 13.8 Å². The van der Waals surface area contributed by atoms with E-state index in [1.807, 2.05) is 19.1 Å². The van der Waals surface area contributed by atoms with Gasteiger partial charge >= 0.3 is 0 Å². The molecule has 0 atom stereocenters. The molecule has 0 unspecified atom stereocenters. The topological polar surface area (TPSA) is 26.0 Å². The monoisotopic (exact) mass is 251 g/mol. The zero-order chi connectivity index (χ0) is 10.1. The lowest BCUT2D eigenvalue weighted by Crippen LogP contribution is -1.80. The Morgan fingerprint density at radius 2 is 1.79 bits per heavy atom. The van der Waals surface area contributed by atoms with Crippen molar-refractivity contribution in [3.05, 3.63) is 40.4 Å². The van der Waals surface area contributed by atoms with Crippen LogP contribution in [0.1, 0.15) is 11.3 Å². The molecular weight excluding hydrogens is 242 g/mol. The van der Waals surface area contributed by atoms with E-state index in [0.29, 0.717) is 4.80 Å². The molecule has 0 radical (unpaired) electrons. The second-order valence-corrected chi connectivity index (χ2v) is 3.92. The fraction of sp³-hybridized carbons (Fsp3) is 0.182. The molecule has 0 saturated carbocycles. The third-order valence-corrected chi connectivity index (χ3v) is 2.43. The first-order chi connectivity index (χ1) is 6.66. The highest BCUT2D eigenvalue weighted by molar-refractivity contribution is 9.10. The average molecular weight is 252 g/mol. The van der Waals surface area contributed by atoms with Crippen LogP contribution in [-0.4, -0.2) is 4.98 Å². The summed E-state index contributed by atoms with van der Waals surface area (Å²) in [5.74, 6) is 0.834. The van der Waals surface area contributed by atoms with Crippen molar-refractivity contribution in [3.63, 3.8) is 0 Å². The van der Waals surface area contributed by atoms with Crippen LogP contribution < -0.4 is 0 Å². The van der Waals surface area contributed by atoms with Gasteiger partial charge in [0.05, 0.1) is 0 Å². The van der Waals surface area contributed by atoms with Gasteiger partial charge in [0.25, 0.3) is 4.80 Å². The Balaban J connectivity index is 2.49. The minimum atomic E-state index is 0.533. The van der Waals surface area contributed by atoms with Gasteiger partial charge in [0.2, 0.25) is 0 Å². The van der Waals surface area contributed by atoms with Gasteiger partial charge in [-0.15, -0.1) is 0 Å². The van der Waals surface area contributed by atoms with E-state index in [0.717, 1.165) is 17.0 Å². The van der Waals surface area contributed by atoms with Gasteiger partial charge in [-0.3, -0.25) is 0 Å². The number of aryl methyl sites for hydroxylation is 2. The molecule has 0 aliphatic heterocycles. The van der Waals surface area contributed by atoms with E-state index in [1.165, 1.54) is 5.56 Å². The molecule has 0 aliphatic rings. The molecule has 2 aromatic rings. The van der Waals surface area contributed by atoms with Gasteiger partial charge in [-0.2, -0.15) is 0 Å². The summed E-state index contributed by atoms with van der Waals surface area (Å²) in [5, 5.41) is 0. The Morgan fingerprint density at radius 1 is 1.14 bits per heavy atom. The molecule has 3 heteroatoms. The normalized spacial score (nSPS) is 10.5. The Bertz CT molecular complexity index is 445. The predicted octanol–water partition coefficient (Wildman–Crippen LogP) is 3.72. The lowest BCUT2D eigenvalue weighted by molar-refractivity contribution is 0.501. The largest absolute Gasteiger partial charge is 0.436 e. The number of aromatic nitrogens is 1. The Kier molecular flexibility index (Phi) is 2.42. The summed E-state index contributed by atoms with van der Waals surface area (Å²) < 4.78 is 5.30. The quantitative estimate of drug-likeness (QED) is 0.773. The minimum Gasteiger partial charge on any atom is -0.436 e. The molecule has 0 N–H and O–H groups in total. The van der Waals surface area contributed by atoms with E-state index < -0.39 is 0 Å². The van der Waals surface area contributed by atoms with E-state index in [9.17, 15) is 0 Å². The van der Waals surface area contributed by atoms with Crippen LogP contribution in [0.25, 0.3) is 11.3 Å². The lowest BCUT2D eigenvalue weighted by Gasteiger charge is -1.97. The number of nitrogens with zero attached hydrogens (tertiary/aromatic N) is 1. The molecule has 1 aromatic heterocycles. The first-order valence-corrected chi connectivity index (χ1v) is 5.16. The van der Waals surface area contributed by atoms with Gasteiger partial charge in [-0.05, 0) is 13.8 Å². The summed E-state index contributed by atoms with van der Waals surface area (Å²) in [6.07, 6.45) is 0. The van der Waals surface area contributed by atoms with Crippen LogP contribution in [-0.2, 0) is 0 Å². The second-order valence-electron chi connectivity index (χ2n) is 3.24. The molecule has 2 rings (SSSR count). The molecular formula is C11H10BrNO. The number of hydrogen-bond donors (Lipinski definition) is 0. The first kappa shape index (κ1) is 9.46. The molecule has 0 amide bonds. The zero-order valence-corrected chi connectivity index (χ0v) is 9.63.